The average Bonchev–Trinajstić information content (AvgIpc) is 1.89. The fourth-order valence-electron chi connectivity index (χ4n) is 0.401. The highest BCUT2D eigenvalue weighted by Gasteiger charge is 1.79. The van der Waals surface area contributed by atoms with E-state index >= 15 is 0 Å². The average molecular weight is 123 g/mol. The quantitative estimate of drug-likeness (QED) is 0.440. The van der Waals surface area contributed by atoms with Gasteiger partial charge in [0, 0.05) is 5.71 Å². The summed E-state index contributed by atoms with van der Waals surface area (Å²) in [7, 11) is 0. The van der Waals surface area contributed by atoms with Gasteiger partial charge in [0.05, 0.1) is 0 Å². The molecule has 50 valence electrons. The lowest BCUT2D eigenvalue weighted by Gasteiger charge is -1.84. The first-order chi connectivity index (χ1) is 4.31. The predicted octanol–water partition coefficient (Wildman–Crippen LogP) is 2.55. The standard InChI is InChI=1S/C8H13N/c1-3-5-6-7-8(9)4-2/h3,5-7,9H,4H2,1-2H3/b5-3-,7-6-,9-8?. The van der Waals surface area contributed by atoms with E-state index in [1.54, 1.807) is 6.08 Å². The summed E-state index contributed by atoms with van der Waals surface area (Å²) < 4.78 is 0. The molecule has 0 unspecified atom stereocenters. The number of hydrogen-bond acceptors (Lipinski definition) is 1. The zero-order chi connectivity index (χ0) is 7.11. The van der Waals surface area contributed by atoms with E-state index in [4.69, 9.17) is 5.41 Å². The summed E-state index contributed by atoms with van der Waals surface area (Å²) in [5.74, 6) is 0. The molecule has 0 aliphatic heterocycles. The van der Waals surface area contributed by atoms with Crippen LogP contribution >= 0.6 is 0 Å². The van der Waals surface area contributed by atoms with Gasteiger partial charge in [-0.1, -0.05) is 25.2 Å². The van der Waals surface area contributed by atoms with Crippen LogP contribution in [0, 0.1) is 5.41 Å². The highest BCUT2D eigenvalue weighted by atomic mass is 14.4. The van der Waals surface area contributed by atoms with Crippen LogP contribution in [0.15, 0.2) is 24.3 Å². The van der Waals surface area contributed by atoms with E-state index in [0.717, 1.165) is 6.42 Å². The molecule has 0 aromatic heterocycles. The van der Waals surface area contributed by atoms with Crippen LogP contribution in [0.4, 0.5) is 0 Å². The highest BCUT2D eigenvalue weighted by Crippen LogP contribution is 1.84. The molecule has 0 saturated carbocycles. The summed E-state index contributed by atoms with van der Waals surface area (Å²) in [5.41, 5.74) is 0.674. The van der Waals surface area contributed by atoms with Crippen molar-refractivity contribution < 1.29 is 0 Å². The maximum absolute atomic E-state index is 7.20. The molecular formula is C8H13N. The third-order valence-electron chi connectivity index (χ3n) is 0.982. The molecule has 0 heterocycles. The second kappa shape index (κ2) is 5.29. The van der Waals surface area contributed by atoms with E-state index in [0.29, 0.717) is 5.71 Å². The smallest absolute Gasteiger partial charge is 0.0311 e. The number of hydrogen-bond donors (Lipinski definition) is 1. The molecule has 0 aromatic carbocycles. The lowest BCUT2D eigenvalue weighted by Crippen LogP contribution is -1.83. The molecule has 0 aromatic rings. The molecule has 0 rings (SSSR count). The lowest BCUT2D eigenvalue weighted by molar-refractivity contribution is 1.26. The Kier molecular flexibility index (Phi) is 4.79. The van der Waals surface area contributed by atoms with E-state index in [9.17, 15) is 0 Å². The van der Waals surface area contributed by atoms with Crippen molar-refractivity contribution in [1.82, 2.24) is 0 Å². The molecule has 0 fully saturated rings. The third-order valence-corrected chi connectivity index (χ3v) is 0.982. The van der Waals surface area contributed by atoms with Gasteiger partial charge in [0.1, 0.15) is 0 Å². The molecule has 0 amide bonds. The Bertz CT molecular complexity index is 132. The van der Waals surface area contributed by atoms with Crippen LogP contribution in [0.1, 0.15) is 20.3 Å². The molecule has 0 aliphatic rings. The lowest BCUT2D eigenvalue weighted by atomic mass is 10.3. The maximum Gasteiger partial charge on any atom is 0.0311 e. The Morgan fingerprint density at radius 1 is 1.44 bits per heavy atom. The summed E-state index contributed by atoms with van der Waals surface area (Å²) in [6.45, 7) is 3.93. The fourth-order valence-corrected chi connectivity index (χ4v) is 0.401. The Hall–Kier alpha value is -0.850. The molecule has 9 heavy (non-hydrogen) atoms. The number of nitrogens with one attached hydrogen (secondary N) is 1. The number of allylic oxidation sites excluding steroid dienone is 4. The van der Waals surface area contributed by atoms with Gasteiger partial charge < -0.3 is 5.41 Å². The molecular weight excluding hydrogens is 110 g/mol. The summed E-state index contributed by atoms with van der Waals surface area (Å²) in [4.78, 5) is 0. The van der Waals surface area contributed by atoms with Crippen molar-refractivity contribution in [2.75, 3.05) is 0 Å². The highest BCUT2D eigenvalue weighted by molar-refractivity contribution is 5.92. The minimum absolute atomic E-state index is 0.674. The largest absolute Gasteiger partial charge is 0.305 e. The monoisotopic (exact) mass is 123 g/mol. The van der Waals surface area contributed by atoms with Gasteiger partial charge in [0.15, 0.2) is 0 Å². The topological polar surface area (TPSA) is 23.9 Å². The molecule has 1 N–H and O–H groups in total. The Labute approximate surface area is 56.6 Å². The van der Waals surface area contributed by atoms with E-state index in [1.807, 2.05) is 32.1 Å². The molecule has 0 atom stereocenters. The Morgan fingerprint density at radius 2 is 2.11 bits per heavy atom. The van der Waals surface area contributed by atoms with Gasteiger partial charge in [0.25, 0.3) is 0 Å². The third kappa shape index (κ3) is 5.01. The first-order valence-electron chi connectivity index (χ1n) is 3.18. The van der Waals surface area contributed by atoms with Gasteiger partial charge in [-0.2, -0.15) is 0 Å². The van der Waals surface area contributed by atoms with Gasteiger partial charge in [-0.3, -0.25) is 0 Å². The predicted molar refractivity (Wildman–Crippen MR) is 42.0 cm³/mol. The van der Waals surface area contributed by atoms with E-state index in [1.165, 1.54) is 0 Å². The van der Waals surface area contributed by atoms with Gasteiger partial charge in [-0.05, 0) is 19.4 Å². The van der Waals surface area contributed by atoms with Crippen molar-refractivity contribution >= 4 is 5.71 Å². The molecule has 0 bridgehead atoms. The van der Waals surface area contributed by atoms with E-state index in [2.05, 4.69) is 0 Å². The van der Waals surface area contributed by atoms with Gasteiger partial charge in [-0.15, -0.1) is 0 Å². The van der Waals surface area contributed by atoms with Crippen LogP contribution in [-0.4, -0.2) is 5.71 Å². The van der Waals surface area contributed by atoms with E-state index < -0.39 is 0 Å². The summed E-state index contributed by atoms with van der Waals surface area (Å²) >= 11 is 0. The summed E-state index contributed by atoms with van der Waals surface area (Å²) in [6, 6.07) is 0. The van der Waals surface area contributed by atoms with Crippen LogP contribution in [0.3, 0.4) is 0 Å². The van der Waals surface area contributed by atoms with Crippen molar-refractivity contribution in [2.24, 2.45) is 0 Å². The first kappa shape index (κ1) is 8.15. The van der Waals surface area contributed by atoms with Crippen LogP contribution in [0.5, 0.6) is 0 Å². The van der Waals surface area contributed by atoms with Crippen molar-refractivity contribution in [2.45, 2.75) is 20.3 Å². The van der Waals surface area contributed by atoms with Crippen molar-refractivity contribution in [3.8, 4) is 0 Å². The second-order valence-corrected chi connectivity index (χ2v) is 1.76. The Morgan fingerprint density at radius 3 is 2.56 bits per heavy atom. The summed E-state index contributed by atoms with van der Waals surface area (Å²) in [6.07, 6.45) is 8.36. The van der Waals surface area contributed by atoms with Crippen LogP contribution in [0.2, 0.25) is 0 Å². The molecule has 0 saturated heterocycles. The van der Waals surface area contributed by atoms with Crippen LogP contribution in [-0.2, 0) is 0 Å². The van der Waals surface area contributed by atoms with Gasteiger partial charge >= 0.3 is 0 Å². The molecule has 0 spiro atoms. The zero-order valence-electron chi connectivity index (χ0n) is 6.02. The van der Waals surface area contributed by atoms with Gasteiger partial charge in [-0.25, -0.2) is 0 Å². The second-order valence-electron chi connectivity index (χ2n) is 1.76. The molecule has 0 aliphatic carbocycles. The van der Waals surface area contributed by atoms with Crippen molar-refractivity contribution in [3.05, 3.63) is 24.3 Å². The zero-order valence-corrected chi connectivity index (χ0v) is 6.02. The van der Waals surface area contributed by atoms with Gasteiger partial charge in [0.2, 0.25) is 0 Å². The molecule has 1 nitrogen and oxygen atoms in total. The molecule has 0 radical (unpaired) electrons. The minimum Gasteiger partial charge on any atom is -0.305 e. The van der Waals surface area contributed by atoms with Crippen LogP contribution < -0.4 is 0 Å². The van der Waals surface area contributed by atoms with Crippen molar-refractivity contribution in [1.29, 1.82) is 5.41 Å². The summed E-state index contributed by atoms with van der Waals surface area (Å²) in [5, 5.41) is 7.20. The normalized spacial score (nSPS) is 11.3. The molecule has 1 heteroatoms. The number of rotatable bonds is 3. The van der Waals surface area contributed by atoms with E-state index in [-0.39, 0.29) is 0 Å². The fraction of sp³-hybridized carbons (Fsp3) is 0.375. The Balaban J connectivity index is 3.57. The maximum atomic E-state index is 7.20. The minimum atomic E-state index is 0.674. The SMILES string of the molecule is C/C=C\C=C/C(=N)CC. The van der Waals surface area contributed by atoms with Crippen LogP contribution in [0.25, 0.3) is 0 Å². The van der Waals surface area contributed by atoms with Crippen molar-refractivity contribution in [3.63, 3.8) is 0 Å². The first-order valence-corrected chi connectivity index (χ1v) is 3.18.